The topological polar surface area (TPSA) is 72.9 Å². The Kier molecular flexibility index (Phi) is 7.50. The Balaban J connectivity index is 1.64. The van der Waals surface area contributed by atoms with Crippen LogP contribution in [0.2, 0.25) is 0 Å². The molecule has 1 saturated carbocycles. The van der Waals surface area contributed by atoms with E-state index in [1.165, 1.54) is 16.1 Å². The van der Waals surface area contributed by atoms with Crippen LogP contribution in [0.15, 0.2) is 77.8 Å². The first kappa shape index (κ1) is 23.5. The van der Waals surface area contributed by atoms with Gasteiger partial charge in [-0.15, -0.1) is 0 Å². The number of hydrogen-bond donors (Lipinski definition) is 0. The summed E-state index contributed by atoms with van der Waals surface area (Å²) < 4.78 is 40.0. The van der Waals surface area contributed by atoms with Gasteiger partial charge in [0, 0.05) is 18.5 Å². The number of ether oxygens (including phenoxy) is 2. The van der Waals surface area contributed by atoms with Gasteiger partial charge in [0.2, 0.25) is 0 Å². The molecule has 0 N–H and O–H groups in total. The van der Waals surface area contributed by atoms with E-state index >= 15 is 0 Å². The third-order valence-corrected chi connectivity index (χ3v) is 8.15. The fraction of sp³-hybridized carbons (Fsp3) is 0.423. The van der Waals surface area contributed by atoms with Crippen LogP contribution in [0.3, 0.4) is 0 Å². The second-order valence-corrected chi connectivity index (χ2v) is 10.4. The lowest BCUT2D eigenvalue weighted by Crippen LogP contribution is -2.46. The molecular formula is C26H31NO5S. The number of carbonyl (C=O) groups is 1. The van der Waals surface area contributed by atoms with Crippen molar-refractivity contribution < 1.29 is 22.7 Å². The quantitative estimate of drug-likeness (QED) is 0.543. The summed E-state index contributed by atoms with van der Waals surface area (Å²) in [5, 5.41) is 0. The van der Waals surface area contributed by atoms with Crippen LogP contribution in [-0.4, -0.2) is 37.6 Å². The van der Waals surface area contributed by atoms with E-state index in [-0.39, 0.29) is 35.9 Å². The van der Waals surface area contributed by atoms with Crippen molar-refractivity contribution in [3.05, 3.63) is 78.5 Å². The molecule has 0 saturated heterocycles. The minimum atomic E-state index is -3.84. The molecular weight excluding hydrogens is 438 g/mol. The maximum Gasteiger partial charge on any atom is 0.313 e. The predicted octanol–water partition coefficient (Wildman–Crippen LogP) is 4.84. The number of rotatable bonds is 7. The molecule has 1 aliphatic carbocycles. The van der Waals surface area contributed by atoms with Crippen molar-refractivity contribution >= 4 is 16.0 Å². The van der Waals surface area contributed by atoms with Crippen molar-refractivity contribution in [3.8, 4) is 0 Å². The van der Waals surface area contributed by atoms with E-state index in [2.05, 4.69) is 12.1 Å². The number of nitrogens with zero attached hydrogens (tertiary/aromatic N) is 1. The zero-order valence-corrected chi connectivity index (χ0v) is 19.7. The van der Waals surface area contributed by atoms with Crippen LogP contribution in [0.5, 0.6) is 0 Å². The molecule has 2 aromatic carbocycles. The highest BCUT2D eigenvalue weighted by atomic mass is 32.2. The van der Waals surface area contributed by atoms with Crippen LogP contribution in [0.25, 0.3) is 0 Å². The van der Waals surface area contributed by atoms with Gasteiger partial charge in [-0.25, -0.2) is 12.7 Å². The lowest BCUT2D eigenvalue weighted by molar-refractivity contribution is -0.150. The Bertz CT molecular complexity index is 1050. The molecule has 176 valence electrons. The fourth-order valence-corrected chi connectivity index (χ4v) is 6.14. The first-order chi connectivity index (χ1) is 16.0. The maximum atomic E-state index is 13.5. The summed E-state index contributed by atoms with van der Waals surface area (Å²) in [6.07, 6.45) is 6.36. The molecule has 1 fully saturated rings. The van der Waals surface area contributed by atoms with Crippen molar-refractivity contribution in [3.63, 3.8) is 0 Å². The van der Waals surface area contributed by atoms with E-state index in [4.69, 9.17) is 9.47 Å². The molecule has 0 aromatic heterocycles. The third kappa shape index (κ3) is 5.31. The van der Waals surface area contributed by atoms with Crippen molar-refractivity contribution in [2.75, 3.05) is 6.61 Å². The van der Waals surface area contributed by atoms with Crippen molar-refractivity contribution in [2.24, 2.45) is 5.92 Å². The zero-order chi connectivity index (χ0) is 23.3. The average molecular weight is 470 g/mol. The second-order valence-electron chi connectivity index (χ2n) is 8.51. The van der Waals surface area contributed by atoms with Crippen LogP contribution >= 0.6 is 0 Å². The van der Waals surface area contributed by atoms with Gasteiger partial charge in [-0.3, -0.25) is 4.79 Å². The van der Waals surface area contributed by atoms with Gasteiger partial charge < -0.3 is 9.47 Å². The molecule has 0 amide bonds. The monoisotopic (exact) mass is 469 g/mol. The molecule has 7 heteroatoms. The van der Waals surface area contributed by atoms with Gasteiger partial charge in [0.25, 0.3) is 10.0 Å². The molecule has 1 aliphatic heterocycles. The second kappa shape index (κ2) is 10.5. The number of esters is 1. The van der Waals surface area contributed by atoms with Crippen molar-refractivity contribution in [2.45, 2.75) is 62.2 Å². The van der Waals surface area contributed by atoms with E-state index in [1.54, 1.807) is 43.3 Å². The summed E-state index contributed by atoms with van der Waals surface area (Å²) in [5.41, 5.74) is 1.20. The summed E-state index contributed by atoms with van der Waals surface area (Å²) in [5.74, 6) is -0.716. The number of benzene rings is 2. The highest BCUT2D eigenvalue weighted by Gasteiger charge is 2.39. The Hall–Kier alpha value is -2.64. The molecule has 4 rings (SSSR count). The van der Waals surface area contributed by atoms with Crippen molar-refractivity contribution in [1.29, 1.82) is 0 Å². The lowest BCUT2D eigenvalue weighted by Gasteiger charge is -2.40. The maximum absolute atomic E-state index is 13.5. The third-order valence-electron chi connectivity index (χ3n) is 6.37. The largest absolute Gasteiger partial charge is 0.466 e. The van der Waals surface area contributed by atoms with E-state index in [9.17, 15) is 13.2 Å². The first-order valence-electron chi connectivity index (χ1n) is 11.6. The average Bonchev–Trinajstić information content (AvgIpc) is 2.85. The zero-order valence-electron chi connectivity index (χ0n) is 18.9. The Morgan fingerprint density at radius 1 is 1.00 bits per heavy atom. The normalized spacial score (nSPS) is 25.5. The minimum Gasteiger partial charge on any atom is -0.466 e. The predicted molar refractivity (Wildman–Crippen MR) is 126 cm³/mol. The number of sulfonamides is 1. The smallest absolute Gasteiger partial charge is 0.313 e. The molecule has 0 radical (unpaired) electrons. The highest BCUT2D eigenvalue weighted by Crippen LogP contribution is 2.38. The van der Waals surface area contributed by atoms with Crippen LogP contribution in [0.4, 0.5) is 0 Å². The van der Waals surface area contributed by atoms with Crippen LogP contribution in [0, 0.1) is 5.92 Å². The highest BCUT2D eigenvalue weighted by molar-refractivity contribution is 7.89. The summed E-state index contributed by atoms with van der Waals surface area (Å²) in [4.78, 5) is 12.6. The summed E-state index contributed by atoms with van der Waals surface area (Å²) in [7, 11) is -3.84. The van der Waals surface area contributed by atoms with E-state index < -0.39 is 22.2 Å². The van der Waals surface area contributed by atoms with Gasteiger partial charge in [-0.05, 0) is 37.5 Å². The molecule has 2 unspecified atom stereocenters. The van der Waals surface area contributed by atoms with Gasteiger partial charge in [-0.1, -0.05) is 67.4 Å². The number of carbonyl (C=O) groups excluding carboxylic acids is 1. The summed E-state index contributed by atoms with van der Waals surface area (Å²) in [6.45, 7) is 2.04. The van der Waals surface area contributed by atoms with Gasteiger partial charge in [0.1, 0.15) is 6.23 Å². The fourth-order valence-electron chi connectivity index (χ4n) is 4.72. The lowest BCUT2D eigenvalue weighted by atomic mass is 9.81. The van der Waals surface area contributed by atoms with Gasteiger partial charge in [0.15, 0.2) is 0 Å². The molecule has 0 bridgehead atoms. The molecule has 33 heavy (non-hydrogen) atoms. The van der Waals surface area contributed by atoms with Gasteiger partial charge in [0.05, 0.1) is 23.5 Å². The molecule has 1 heterocycles. The Labute approximate surface area is 196 Å². The Morgan fingerprint density at radius 2 is 1.67 bits per heavy atom. The molecule has 2 aliphatic rings. The minimum absolute atomic E-state index is 0.131. The van der Waals surface area contributed by atoms with E-state index in [1.807, 2.05) is 18.2 Å². The summed E-state index contributed by atoms with van der Waals surface area (Å²) in [6, 6.07) is 18.6. The SMILES string of the molecule is CCOC(=O)C1C=CN(S(=O)(=O)c2ccccc2)C(O[C@@H]2CCCC[C@H]2c2ccccc2)C1. The number of hydrogen-bond acceptors (Lipinski definition) is 5. The van der Waals surface area contributed by atoms with Crippen LogP contribution in [0.1, 0.15) is 50.5 Å². The van der Waals surface area contributed by atoms with Crippen molar-refractivity contribution in [1.82, 2.24) is 4.31 Å². The standard InChI is InChI=1S/C26H31NO5S/c1-2-31-26(28)21-17-18-27(33(29,30)22-13-7-4-8-14-22)25(19-21)32-24-16-10-9-15-23(24)20-11-5-3-6-12-20/h3-8,11-14,17-18,21,23-25H,2,9-10,15-16,19H2,1H3/t21?,23-,24+,25?/m0/s1. The molecule has 2 aromatic rings. The first-order valence-corrected chi connectivity index (χ1v) is 13.1. The van der Waals surface area contributed by atoms with Gasteiger partial charge in [-0.2, -0.15) is 0 Å². The molecule has 0 spiro atoms. The molecule has 6 nitrogen and oxygen atoms in total. The van der Waals surface area contributed by atoms with Gasteiger partial charge >= 0.3 is 5.97 Å². The Morgan fingerprint density at radius 3 is 2.36 bits per heavy atom. The molecule has 4 atom stereocenters. The van der Waals surface area contributed by atoms with E-state index in [0.29, 0.717) is 0 Å². The summed E-state index contributed by atoms with van der Waals surface area (Å²) >= 11 is 0. The van der Waals surface area contributed by atoms with Crippen LogP contribution in [-0.2, 0) is 24.3 Å². The van der Waals surface area contributed by atoms with Crippen LogP contribution < -0.4 is 0 Å². The van der Waals surface area contributed by atoms with E-state index in [0.717, 1.165) is 25.7 Å².